The van der Waals surface area contributed by atoms with Crippen molar-refractivity contribution in [3.63, 3.8) is 0 Å². The second-order valence-electron chi connectivity index (χ2n) is 3.98. The second-order valence-corrected chi connectivity index (χ2v) is 5.62. The van der Waals surface area contributed by atoms with E-state index in [0.29, 0.717) is 6.42 Å². The van der Waals surface area contributed by atoms with E-state index in [1.165, 1.54) is 12.1 Å². The number of hydrogen-bond acceptors (Lipinski definition) is 4. The smallest absolute Gasteiger partial charge is 0.326 e. The van der Waals surface area contributed by atoms with Gasteiger partial charge in [0.05, 0.1) is 4.90 Å². The fraction of sp³-hybridized carbons (Fsp3) is 0.417. The van der Waals surface area contributed by atoms with Gasteiger partial charge < -0.3 is 4.84 Å². The maximum Gasteiger partial charge on any atom is 0.326 e. The molecule has 18 heavy (non-hydrogen) atoms. The molecule has 0 amide bonds. The summed E-state index contributed by atoms with van der Waals surface area (Å²) in [6.45, 7) is 3.79. The summed E-state index contributed by atoms with van der Waals surface area (Å²) in [5.41, 5.74) is 0.953. The molecule has 0 atom stereocenters. The van der Waals surface area contributed by atoms with Crippen molar-refractivity contribution in [2.45, 2.75) is 38.0 Å². The van der Waals surface area contributed by atoms with Gasteiger partial charge in [-0.3, -0.25) is 4.79 Å². The summed E-state index contributed by atoms with van der Waals surface area (Å²) in [6, 6.07) is 6.26. The molecule has 0 saturated heterocycles. The standard InChI is InChI=1S/C12H17NO4S/c1-3-4-5-12(14)17-13-18(15,16)11-8-6-10(2)7-9-11/h6-9,13H,3-5H2,1-2H3. The summed E-state index contributed by atoms with van der Waals surface area (Å²) in [7, 11) is -3.79. The number of carbonyl (C=O) groups is 1. The molecule has 0 saturated carbocycles. The quantitative estimate of drug-likeness (QED) is 0.802. The van der Waals surface area contributed by atoms with Crippen LogP contribution in [0.15, 0.2) is 29.2 Å². The van der Waals surface area contributed by atoms with Crippen LogP contribution in [0.2, 0.25) is 0 Å². The maximum atomic E-state index is 11.7. The Bertz CT molecular complexity index is 493. The van der Waals surface area contributed by atoms with E-state index in [-0.39, 0.29) is 11.3 Å². The van der Waals surface area contributed by atoms with Gasteiger partial charge in [-0.25, -0.2) is 8.42 Å². The Morgan fingerprint density at radius 1 is 1.28 bits per heavy atom. The molecule has 0 heterocycles. The fourth-order valence-corrected chi connectivity index (χ4v) is 2.03. The molecule has 6 heteroatoms. The molecule has 0 fully saturated rings. The minimum absolute atomic E-state index is 0.0661. The molecule has 5 nitrogen and oxygen atoms in total. The van der Waals surface area contributed by atoms with Crippen molar-refractivity contribution in [3.8, 4) is 0 Å². The first-order valence-electron chi connectivity index (χ1n) is 5.74. The van der Waals surface area contributed by atoms with Gasteiger partial charge >= 0.3 is 5.97 Å². The number of nitrogens with one attached hydrogen (secondary N) is 1. The average molecular weight is 271 g/mol. The molecule has 0 aliphatic carbocycles. The molecular formula is C12H17NO4S. The van der Waals surface area contributed by atoms with Crippen molar-refractivity contribution in [1.29, 1.82) is 0 Å². The number of rotatable bonds is 6. The molecule has 0 radical (unpaired) electrons. The van der Waals surface area contributed by atoms with E-state index in [0.717, 1.165) is 12.0 Å². The van der Waals surface area contributed by atoms with Crippen LogP contribution >= 0.6 is 0 Å². The van der Waals surface area contributed by atoms with Crippen LogP contribution in [0.4, 0.5) is 0 Å². The monoisotopic (exact) mass is 271 g/mol. The third-order valence-electron chi connectivity index (χ3n) is 2.33. The summed E-state index contributed by atoms with van der Waals surface area (Å²) in [5, 5.41) is 0. The number of unbranched alkanes of at least 4 members (excludes halogenated alkanes) is 1. The SMILES string of the molecule is CCCCC(=O)ONS(=O)(=O)c1ccc(C)cc1. The third kappa shape index (κ3) is 4.46. The van der Waals surface area contributed by atoms with E-state index in [1.807, 2.05) is 18.7 Å². The molecule has 0 aliphatic heterocycles. The molecule has 1 rings (SSSR count). The topological polar surface area (TPSA) is 72.5 Å². The van der Waals surface area contributed by atoms with E-state index >= 15 is 0 Å². The molecule has 0 bridgehead atoms. The lowest BCUT2D eigenvalue weighted by atomic mass is 10.2. The molecule has 0 aliphatic rings. The van der Waals surface area contributed by atoms with Crippen molar-refractivity contribution in [1.82, 2.24) is 4.89 Å². The fourth-order valence-electron chi connectivity index (χ4n) is 1.24. The highest BCUT2D eigenvalue weighted by molar-refractivity contribution is 7.89. The number of benzene rings is 1. The second kappa shape index (κ2) is 6.51. The molecule has 0 unspecified atom stereocenters. The first kappa shape index (κ1) is 14.7. The van der Waals surface area contributed by atoms with Crippen LogP contribution in [0.5, 0.6) is 0 Å². The minimum atomic E-state index is -3.79. The molecule has 100 valence electrons. The number of aryl methyl sites for hydroxylation is 1. The molecule has 0 spiro atoms. The lowest BCUT2D eigenvalue weighted by Crippen LogP contribution is -2.27. The first-order chi connectivity index (χ1) is 8.45. The summed E-state index contributed by atoms with van der Waals surface area (Å²) in [5.74, 6) is -0.576. The minimum Gasteiger partial charge on any atom is -0.356 e. The largest absolute Gasteiger partial charge is 0.356 e. The zero-order valence-corrected chi connectivity index (χ0v) is 11.3. The lowest BCUT2D eigenvalue weighted by molar-refractivity contribution is -0.147. The highest BCUT2D eigenvalue weighted by Crippen LogP contribution is 2.09. The van der Waals surface area contributed by atoms with E-state index in [1.54, 1.807) is 12.1 Å². The number of hydrogen-bond donors (Lipinski definition) is 1. The number of carbonyl (C=O) groups excluding carboxylic acids is 1. The summed E-state index contributed by atoms with van der Waals surface area (Å²) >= 11 is 0. The molecule has 1 N–H and O–H groups in total. The Labute approximate surface area is 107 Å². The zero-order chi connectivity index (χ0) is 13.6. The average Bonchev–Trinajstić information content (AvgIpc) is 2.34. The Kier molecular flexibility index (Phi) is 5.30. The van der Waals surface area contributed by atoms with Gasteiger partial charge in [0, 0.05) is 6.42 Å². The highest BCUT2D eigenvalue weighted by Gasteiger charge is 2.15. The van der Waals surface area contributed by atoms with Crippen LogP contribution in [-0.4, -0.2) is 14.4 Å². The van der Waals surface area contributed by atoms with Crippen molar-refractivity contribution >= 4 is 16.0 Å². The highest BCUT2D eigenvalue weighted by atomic mass is 32.2. The van der Waals surface area contributed by atoms with Crippen molar-refractivity contribution in [2.75, 3.05) is 0 Å². The van der Waals surface area contributed by atoms with Gasteiger partial charge in [0.15, 0.2) is 0 Å². The predicted octanol–water partition coefficient (Wildman–Crippen LogP) is 1.92. The van der Waals surface area contributed by atoms with Crippen molar-refractivity contribution < 1.29 is 18.0 Å². The number of sulfonamides is 1. The first-order valence-corrected chi connectivity index (χ1v) is 7.22. The van der Waals surface area contributed by atoms with E-state index in [4.69, 9.17) is 0 Å². The lowest BCUT2D eigenvalue weighted by Gasteiger charge is -2.06. The van der Waals surface area contributed by atoms with Gasteiger partial charge in [0.2, 0.25) is 0 Å². The summed E-state index contributed by atoms with van der Waals surface area (Å²) in [4.78, 5) is 17.6. The van der Waals surface area contributed by atoms with Gasteiger partial charge in [0.1, 0.15) is 0 Å². The van der Waals surface area contributed by atoms with Crippen molar-refractivity contribution in [3.05, 3.63) is 29.8 Å². The maximum absolute atomic E-state index is 11.7. The van der Waals surface area contributed by atoms with Gasteiger partial charge in [-0.15, -0.1) is 0 Å². The Balaban J connectivity index is 2.60. The molecule has 1 aromatic rings. The molecule has 1 aromatic carbocycles. The van der Waals surface area contributed by atoms with E-state index in [9.17, 15) is 13.2 Å². The molecule has 0 aromatic heterocycles. The van der Waals surface area contributed by atoms with Crippen LogP contribution in [0.25, 0.3) is 0 Å². The van der Waals surface area contributed by atoms with E-state index in [2.05, 4.69) is 4.84 Å². The van der Waals surface area contributed by atoms with Crippen LogP contribution in [0.1, 0.15) is 31.7 Å². The van der Waals surface area contributed by atoms with Crippen molar-refractivity contribution in [2.24, 2.45) is 0 Å². The van der Waals surface area contributed by atoms with Gasteiger partial charge in [-0.2, -0.15) is 0 Å². The zero-order valence-electron chi connectivity index (χ0n) is 10.5. The molecular weight excluding hydrogens is 254 g/mol. The van der Waals surface area contributed by atoms with Crippen LogP contribution in [0.3, 0.4) is 0 Å². The van der Waals surface area contributed by atoms with E-state index < -0.39 is 16.0 Å². The van der Waals surface area contributed by atoms with Crippen LogP contribution < -0.4 is 4.89 Å². The summed E-state index contributed by atoms with van der Waals surface area (Å²) < 4.78 is 23.5. The normalized spacial score (nSPS) is 11.2. The Morgan fingerprint density at radius 2 is 1.89 bits per heavy atom. The third-order valence-corrected chi connectivity index (χ3v) is 3.53. The van der Waals surface area contributed by atoms with Gasteiger partial charge in [-0.05, 0) is 30.4 Å². The van der Waals surface area contributed by atoms with Gasteiger partial charge in [-0.1, -0.05) is 31.0 Å². The summed E-state index contributed by atoms with van der Waals surface area (Å²) in [6.07, 6.45) is 1.72. The Hall–Kier alpha value is -1.40. The predicted molar refractivity (Wildman–Crippen MR) is 67.1 cm³/mol. The van der Waals surface area contributed by atoms with Gasteiger partial charge in [0.25, 0.3) is 10.0 Å². The Morgan fingerprint density at radius 3 is 2.44 bits per heavy atom. The van der Waals surface area contributed by atoms with Crippen LogP contribution in [-0.2, 0) is 19.7 Å². The van der Waals surface area contributed by atoms with Crippen LogP contribution in [0, 0.1) is 6.92 Å².